The predicted molar refractivity (Wildman–Crippen MR) is 280 cm³/mol. The quantitative estimate of drug-likeness (QED) is 0.157. The molecule has 0 saturated heterocycles. The number of halogens is 2. The lowest BCUT2D eigenvalue weighted by atomic mass is 9.78. The number of thiophene rings is 2. The number of nitrogens with zero attached hydrogens (tertiary/aromatic N) is 2. The minimum atomic E-state index is -0.321. The first kappa shape index (κ1) is 39.3. The van der Waals surface area contributed by atoms with Crippen molar-refractivity contribution in [2.24, 2.45) is 0 Å². The van der Waals surface area contributed by atoms with Crippen molar-refractivity contribution in [1.29, 1.82) is 0 Å². The molecule has 0 N–H and O–H groups in total. The number of benzene rings is 9. The van der Waals surface area contributed by atoms with Crippen LogP contribution in [0, 0.1) is 11.6 Å². The number of para-hydroxylation sites is 2. The van der Waals surface area contributed by atoms with Gasteiger partial charge in [-0.3, -0.25) is 0 Å². The Labute approximate surface area is 388 Å². The fourth-order valence-electron chi connectivity index (χ4n) is 11.3. The van der Waals surface area contributed by atoms with Crippen LogP contribution in [0.2, 0.25) is 0 Å². The summed E-state index contributed by atoms with van der Waals surface area (Å²) in [5.41, 5.74) is 10.4. The van der Waals surface area contributed by atoms with E-state index in [0.29, 0.717) is 11.1 Å². The van der Waals surface area contributed by atoms with Gasteiger partial charge in [0.2, 0.25) is 0 Å². The normalized spacial score (nSPS) is 12.4. The molecule has 0 spiro atoms. The predicted octanol–water partition coefficient (Wildman–Crippen LogP) is 18.5. The summed E-state index contributed by atoms with van der Waals surface area (Å²) < 4.78 is 44.2. The van der Waals surface area contributed by atoms with Crippen LogP contribution < -0.4 is 0 Å². The van der Waals surface area contributed by atoms with Crippen molar-refractivity contribution in [2.45, 2.75) is 39.5 Å². The fourth-order valence-corrected chi connectivity index (χ4v) is 13.5. The average Bonchev–Trinajstić information content (AvgIpc) is 4.08. The third kappa shape index (κ3) is 5.43. The van der Waals surface area contributed by atoms with Gasteiger partial charge in [-0.2, -0.15) is 0 Å². The van der Waals surface area contributed by atoms with Gasteiger partial charge < -0.3 is 9.13 Å². The zero-order valence-corrected chi connectivity index (χ0v) is 38.4. The van der Waals surface area contributed by atoms with Gasteiger partial charge in [0.05, 0.1) is 33.4 Å². The molecule has 0 aliphatic carbocycles. The largest absolute Gasteiger partial charge is 0.308 e. The van der Waals surface area contributed by atoms with E-state index in [-0.39, 0.29) is 23.5 Å². The van der Waals surface area contributed by atoms with E-state index in [4.69, 9.17) is 0 Å². The minimum absolute atomic E-state index is 0.129. The van der Waals surface area contributed by atoms with Crippen LogP contribution >= 0.6 is 22.7 Å². The van der Waals surface area contributed by atoms with Crippen LogP contribution in [0.5, 0.6) is 0 Å². The lowest BCUT2D eigenvalue weighted by Crippen LogP contribution is -2.16. The van der Waals surface area contributed by atoms with Crippen molar-refractivity contribution >= 4 is 107 Å². The van der Waals surface area contributed by atoms with Crippen molar-refractivity contribution in [3.63, 3.8) is 0 Å². The number of hydrogen-bond donors (Lipinski definition) is 0. The average molecular weight is 893 g/mol. The van der Waals surface area contributed by atoms with E-state index < -0.39 is 0 Å². The van der Waals surface area contributed by atoms with Crippen molar-refractivity contribution in [3.05, 3.63) is 193 Å². The molecule has 0 aliphatic rings. The zero-order valence-electron chi connectivity index (χ0n) is 36.8. The van der Waals surface area contributed by atoms with E-state index in [9.17, 15) is 0 Å². The Morgan fingerprint density at radius 1 is 0.348 bits per heavy atom. The van der Waals surface area contributed by atoms with Gasteiger partial charge in [-0.25, -0.2) is 8.78 Å². The molecular weight excluding hydrogens is 851 g/mol. The first-order valence-corrected chi connectivity index (χ1v) is 24.3. The van der Waals surface area contributed by atoms with Crippen molar-refractivity contribution in [1.82, 2.24) is 9.13 Å². The third-order valence-electron chi connectivity index (χ3n) is 13.8. The number of fused-ring (bicyclic) bond motifs is 14. The molecule has 2 nitrogen and oxygen atoms in total. The molecule has 6 heteroatoms. The summed E-state index contributed by atoms with van der Waals surface area (Å²) in [5.74, 6) is -0.943. The maximum Gasteiger partial charge on any atom is 0.131 e. The Hall–Kier alpha value is -7.12. The van der Waals surface area contributed by atoms with E-state index in [1.807, 2.05) is 46.9 Å². The van der Waals surface area contributed by atoms with Crippen LogP contribution in [0.4, 0.5) is 8.78 Å². The first-order chi connectivity index (χ1) is 32.3. The van der Waals surface area contributed by atoms with Crippen molar-refractivity contribution in [3.8, 4) is 33.6 Å². The Kier molecular flexibility index (Phi) is 8.74. The van der Waals surface area contributed by atoms with Crippen molar-refractivity contribution in [2.75, 3.05) is 0 Å². The van der Waals surface area contributed by atoms with Gasteiger partial charge in [0.25, 0.3) is 0 Å². The van der Waals surface area contributed by atoms with Gasteiger partial charge in [0.15, 0.2) is 0 Å². The third-order valence-corrected chi connectivity index (χ3v) is 16.0. The SMILES string of the molecule is CC(C)c1c(-c2ccccc2F)c(-n2c3ccccc3c3c4c(ccc32)sc2ccccc24)c(C(C)C)c(-n2c3ccccc3c3c4c(ccc32)sc2ccccc24)c1-c1ccccc1F. The summed E-state index contributed by atoms with van der Waals surface area (Å²) in [5, 5.41) is 9.50. The molecule has 0 aliphatic heterocycles. The van der Waals surface area contributed by atoms with Gasteiger partial charge in [-0.05, 0) is 78.1 Å². The second-order valence-electron chi connectivity index (χ2n) is 18.1. The van der Waals surface area contributed by atoms with Gasteiger partial charge in [0, 0.05) is 89.7 Å². The monoisotopic (exact) mass is 892 g/mol. The highest BCUT2D eigenvalue weighted by Gasteiger charge is 2.35. The lowest BCUT2D eigenvalue weighted by Gasteiger charge is -2.32. The van der Waals surface area contributed by atoms with Gasteiger partial charge in [-0.1, -0.05) is 137 Å². The summed E-state index contributed by atoms with van der Waals surface area (Å²) >= 11 is 3.63. The van der Waals surface area contributed by atoms with Gasteiger partial charge in [0.1, 0.15) is 11.6 Å². The minimum Gasteiger partial charge on any atom is -0.308 e. The standard InChI is InChI=1S/C60H42F2N2S2/c1-33(2)51-57(35-17-5-11-23-41(35)61)59(63-43-25-13-7-19-37(43)53-45(63)29-31-49-55(53)39-21-9-15-27-47(39)65-49)52(34(3)4)60(58(51)36-18-6-12-24-42(36)62)64-44-26-14-8-20-38(44)54-46(64)30-32-50-56(54)40-22-10-16-28-48(40)66-50/h5-34H,1-4H3. The Balaban J connectivity index is 1.34. The first-order valence-electron chi connectivity index (χ1n) is 22.7. The lowest BCUT2D eigenvalue weighted by molar-refractivity contribution is 0.630. The van der Waals surface area contributed by atoms with Crippen LogP contribution in [-0.2, 0) is 0 Å². The Bertz CT molecular complexity index is 3900. The second kappa shape index (κ2) is 14.7. The number of aromatic nitrogens is 2. The molecule has 0 radical (unpaired) electrons. The Morgan fingerprint density at radius 2 is 0.727 bits per heavy atom. The van der Waals surface area contributed by atoms with Crippen LogP contribution in [0.1, 0.15) is 50.7 Å². The highest BCUT2D eigenvalue weighted by Crippen LogP contribution is 2.55. The molecule has 0 amide bonds. The summed E-state index contributed by atoms with van der Waals surface area (Å²) in [7, 11) is 0. The topological polar surface area (TPSA) is 9.86 Å². The maximum atomic E-state index is 17.2. The van der Waals surface area contributed by atoms with Gasteiger partial charge in [-0.15, -0.1) is 22.7 Å². The summed E-state index contributed by atoms with van der Waals surface area (Å²) in [6.07, 6.45) is 0. The molecule has 0 bridgehead atoms. The number of hydrogen-bond acceptors (Lipinski definition) is 2. The molecule has 318 valence electrons. The van der Waals surface area contributed by atoms with Crippen LogP contribution in [0.3, 0.4) is 0 Å². The summed E-state index contributed by atoms with van der Waals surface area (Å²) in [6, 6.07) is 58.1. The van der Waals surface area contributed by atoms with E-state index in [1.165, 1.54) is 51.1 Å². The van der Waals surface area contributed by atoms with Gasteiger partial charge >= 0.3 is 0 Å². The van der Waals surface area contributed by atoms with E-state index in [0.717, 1.165) is 66.5 Å². The molecule has 66 heavy (non-hydrogen) atoms. The molecule has 9 aromatic carbocycles. The highest BCUT2D eigenvalue weighted by molar-refractivity contribution is 7.26. The molecule has 0 unspecified atom stereocenters. The van der Waals surface area contributed by atoms with E-state index >= 15 is 8.78 Å². The number of rotatable bonds is 6. The molecule has 4 aromatic heterocycles. The van der Waals surface area contributed by atoms with E-state index in [2.05, 4.69) is 158 Å². The molecule has 13 rings (SSSR count). The van der Waals surface area contributed by atoms with E-state index in [1.54, 1.807) is 24.3 Å². The molecule has 0 saturated carbocycles. The molecule has 0 atom stereocenters. The van der Waals surface area contributed by atoms with Crippen LogP contribution in [0.25, 0.3) is 118 Å². The van der Waals surface area contributed by atoms with Crippen molar-refractivity contribution < 1.29 is 8.78 Å². The zero-order chi connectivity index (χ0) is 44.5. The fraction of sp³-hybridized carbons (Fsp3) is 0.100. The molecule has 13 aromatic rings. The molecule has 0 fully saturated rings. The molecule has 4 heterocycles. The van der Waals surface area contributed by atoms with Crippen LogP contribution in [0.15, 0.2) is 170 Å². The highest BCUT2D eigenvalue weighted by atomic mass is 32.1. The van der Waals surface area contributed by atoms with Crippen LogP contribution in [-0.4, -0.2) is 9.13 Å². The maximum absolute atomic E-state index is 17.2. The smallest absolute Gasteiger partial charge is 0.131 e. The Morgan fingerprint density at radius 3 is 1.15 bits per heavy atom. The second-order valence-corrected chi connectivity index (χ2v) is 20.3. The summed E-state index contributed by atoms with van der Waals surface area (Å²) in [4.78, 5) is 0. The molecular formula is C60H42F2N2S2. The summed E-state index contributed by atoms with van der Waals surface area (Å²) in [6.45, 7) is 8.83.